The van der Waals surface area contributed by atoms with Crippen LogP contribution in [0.3, 0.4) is 0 Å². The van der Waals surface area contributed by atoms with Crippen molar-refractivity contribution < 1.29 is 13.9 Å². The summed E-state index contributed by atoms with van der Waals surface area (Å²) in [6, 6.07) is 18.4. The van der Waals surface area contributed by atoms with E-state index in [0.29, 0.717) is 12.1 Å². The summed E-state index contributed by atoms with van der Waals surface area (Å²) in [4.78, 5) is 26.3. The highest BCUT2D eigenvalue weighted by molar-refractivity contribution is 5.96. The quantitative estimate of drug-likeness (QED) is 0.681. The van der Waals surface area contributed by atoms with Gasteiger partial charge in [0.25, 0.3) is 5.91 Å². The molecule has 1 saturated heterocycles. The first kappa shape index (κ1) is 14.7. The molecule has 0 aliphatic carbocycles. The lowest BCUT2D eigenvalue weighted by molar-refractivity contribution is 0.0627. The van der Waals surface area contributed by atoms with Gasteiger partial charge in [-0.3, -0.25) is 4.79 Å². The smallest absolute Gasteiger partial charge is 0.349 e. The summed E-state index contributed by atoms with van der Waals surface area (Å²) in [6.07, 6.45) is -0.178. The molecular formula is C19H15NO4. The van der Waals surface area contributed by atoms with E-state index < -0.39 is 5.63 Å². The summed E-state index contributed by atoms with van der Waals surface area (Å²) in [5, 5.41) is 0.722. The molecule has 4 rings (SSSR count). The van der Waals surface area contributed by atoms with E-state index in [1.54, 1.807) is 18.2 Å². The molecule has 1 aliphatic rings. The van der Waals surface area contributed by atoms with Gasteiger partial charge in [-0.1, -0.05) is 48.5 Å². The molecule has 2 aromatic carbocycles. The molecule has 3 aromatic rings. The zero-order valence-electron chi connectivity index (χ0n) is 12.8. The van der Waals surface area contributed by atoms with Crippen LogP contribution in [-0.2, 0) is 4.74 Å². The summed E-state index contributed by atoms with van der Waals surface area (Å²) < 4.78 is 10.9. The van der Waals surface area contributed by atoms with Crippen LogP contribution in [0.5, 0.6) is 0 Å². The van der Waals surface area contributed by atoms with Crippen LogP contribution in [0.4, 0.5) is 0 Å². The highest BCUT2D eigenvalue weighted by Crippen LogP contribution is 2.25. The molecule has 0 radical (unpaired) electrons. The van der Waals surface area contributed by atoms with Crippen molar-refractivity contribution >= 4 is 16.9 Å². The van der Waals surface area contributed by atoms with Gasteiger partial charge >= 0.3 is 5.63 Å². The largest absolute Gasteiger partial charge is 0.422 e. The Hall–Kier alpha value is -2.92. The second-order valence-electron chi connectivity index (χ2n) is 5.71. The second-order valence-corrected chi connectivity index (χ2v) is 5.71. The van der Waals surface area contributed by atoms with Crippen LogP contribution in [0.25, 0.3) is 11.0 Å². The second kappa shape index (κ2) is 5.94. The lowest BCUT2D eigenvalue weighted by Gasteiger charge is -2.13. The number of nitrogens with zero attached hydrogens (tertiary/aromatic N) is 1. The molecular weight excluding hydrogens is 306 g/mol. The molecule has 5 nitrogen and oxygen atoms in total. The fourth-order valence-corrected chi connectivity index (χ4v) is 2.88. The monoisotopic (exact) mass is 321 g/mol. The summed E-state index contributed by atoms with van der Waals surface area (Å²) in [5.41, 5.74) is 0.894. The van der Waals surface area contributed by atoms with Crippen LogP contribution >= 0.6 is 0 Å². The van der Waals surface area contributed by atoms with E-state index in [2.05, 4.69) is 0 Å². The maximum absolute atomic E-state index is 12.7. The van der Waals surface area contributed by atoms with Gasteiger partial charge in [0.2, 0.25) is 0 Å². The zero-order valence-corrected chi connectivity index (χ0v) is 12.8. The third kappa shape index (κ3) is 2.59. The number of hydrogen-bond donors (Lipinski definition) is 0. The molecule has 0 spiro atoms. The van der Waals surface area contributed by atoms with E-state index in [4.69, 9.17) is 9.15 Å². The van der Waals surface area contributed by atoms with Gasteiger partial charge < -0.3 is 14.1 Å². The number of ether oxygens (including phenoxy) is 1. The Morgan fingerprint density at radius 3 is 2.62 bits per heavy atom. The Balaban J connectivity index is 1.61. The minimum absolute atomic E-state index is 0.0333. The number of carbonyl (C=O) groups excluding carboxylic acids is 1. The van der Waals surface area contributed by atoms with Crippen LogP contribution in [0, 0.1) is 0 Å². The molecule has 1 amide bonds. The average Bonchev–Trinajstić information content (AvgIpc) is 3.11. The maximum atomic E-state index is 12.7. The predicted octanol–water partition coefficient (Wildman–Crippen LogP) is 2.96. The Morgan fingerprint density at radius 2 is 1.79 bits per heavy atom. The molecule has 0 saturated carbocycles. The predicted molar refractivity (Wildman–Crippen MR) is 88.7 cm³/mol. The van der Waals surface area contributed by atoms with E-state index in [0.717, 1.165) is 10.9 Å². The Labute approximate surface area is 138 Å². The number of amides is 1. The normalized spacial score (nSPS) is 17.3. The van der Waals surface area contributed by atoms with E-state index in [-0.39, 0.29) is 24.3 Å². The lowest BCUT2D eigenvalue weighted by Crippen LogP contribution is -2.32. The van der Waals surface area contributed by atoms with Crippen LogP contribution in [0.1, 0.15) is 22.0 Å². The molecule has 120 valence electrons. The minimum atomic E-state index is -0.623. The topological polar surface area (TPSA) is 59.8 Å². The maximum Gasteiger partial charge on any atom is 0.349 e. The number of hydrogen-bond acceptors (Lipinski definition) is 4. The van der Waals surface area contributed by atoms with E-state index in [9.17, 15) is 9.59 Å². The number of carbonyl (C=O) groups is 1. The highest BCUT2D eigenvalue weighted by Gasteiger charge is 2.30. The molecule has 0 N–H and O–H groups in total. The number of rotatable bonds is 2. The summed E-state index contributed by atoms with van der Waals surface area (Å²) in [7, 11) is 0. The third-order valence-electron chi connectivity index (χ3n) is 4.15. The van der Waals surface area contributed by atoms with Crippen molar-refractivity contribution in [2.45, 2.75) is 6.10 Å². The Morgan fingerprint density at radius 1 is 1.04 bits per heavy atom. The van der Waals surface area contributed by atoms with Gasteiger partial charge in [0.05, 0.1) is 6.54 Å². The first-order chi connectivity index (χ1) is 11.7. The van der Waals surface area contributed by atoms with E-state index in [1.165, 1.54) is 4.90 Å². The van der Waals surface area contributed by atoms with Gasteiger partial charge in [-0.15, -0.1) is 0 Å². The van der Waals surface area contributed by atoms with Crippen molar-refractivity contribution in [2.24, 2.45) is 0 Å². The van der Waals surface area contributed by atoms with Gasteiger partial charge in [-0.25, -0.2) is 4.79 Å². The Kier molecular flexibility index (Phi) is 3.63. The highest BCUT2D eigenvalue weighted by atomic mass is 16.5. The zero-order chi connectivity index (χ0) is 16.5. The molecule has 1 aromatic heterocycles. The first-order valence-electron chi connectivity index (χ1n) is 7.71. The van der Waals surface area contributed by atoms with Crippen LogP contribution in [0.15, 0.2) is 69.9 Å². The SMILES string of the molecule is O=C(c1cc2ccccc2oc1=O)N1COC(c2ccccc2)C1. The standard InChI is InChI=1S/C19H15NO4/c21-18(15-10-14-8-4-5-9-16(14)24-19(15)22)20-11-17(23-12-20)13-6-2-1-3-7-13/h1-10,17H,11-12H2. The van der Waals surface area contributed by atoms with Gasteiger partial charge in [0.1, 0.15) is 24.0 Å². The van der Waals surface area contributed by atoms with Crippen LogP contribution < -0.4 is 5.63 Å². The third-order valence-corrected chi connectivity index (χ3v) is 4.15. The van der Waals surface area contributed by atoms with Gasteiger partial charge in [0.15, 0.2) is 0 Å². The van der Waals surface area contributed by atoms with Crippen molar-refractivity contribution in [1.29, 1.82) is 0 Å². The van der Waals surface area contributed by atoms with Crippen LogP contribution in [0.2, 0.25) is 0 Å². The summed E-state index contributed by atoms with van der Waals surface area (Å²) in [5.74, 6) is -0.368. The first-order valence-corrected chi connectivity index (χ1v) is 7.71. The molecule has 1 unspecified atom stereocenters. The number of fused-ring (bicyclic) bond motifs is 1. The van der Waals surface area contributed by atoms with Crippen molar-refractivity contribution in [2.75, 3.05) is 13.3 Å². The van der Waals surface area contributed by atoms with Crippen molar-refractivity contribution in [3.05, 3.63) is 82.2 Å². The van der Waals surface area contributed by atoms with Crippen molar-refractivity contribution in [3.8, 4) is 0 Å². The summed E-state index contributed by atoms with van der Waals surface area (Å²) >= 11 is 0. The number of para-hydroxylation sites is 1. The van der Waals surface area contributed by atoms with Crippen molar-refractivity contribution in [3.63, 3.8) is 0 Å². The number of benzene rings is 2. The molecule has 2 heterocycles. The van der Waals surface area contributed by atoms with Crippen LogP contribution in [-0.4, -0.2) is 24.1 Å². The van der Waals surface area contributed by atoms with Crippen molar-refractivity contribution in [1.82, 2.24) is 4.90 Å². The molecule has 1 atom stereocenters. The minimum Gasteiger partial charge on any atom is -0.422 e. The molecule has 1 fully saturated rings. The fraction of sp³-hybridized carbons (Fsp3) is 0.158. The van der Waals surface area contributed by atoms with Gasteiger partial charge in [-0.2, -0.15) is 0 Å². The summed E-state index contributed by atoms with van der Waals surface area (Å²) in [6.45, 7) is 0.569. The molecule has 5 heteroatoms. The molecule has 1 aliphatic heterocycles. The average molecular weight is 321 g/mol. The van der Waals surface area contributed by atoms with Gasteiger partial charge in [0, 0.05) is 5.39 Å². The van der Waals surface area contributed by atoms with E-state index >= 15 is 0 Å². The molecule has 0 bridgehead atoms. The molecule has 24 heavy (non-hydrogen) atoms. The van der Waals surface area contributed by atoms with Gasteiger partial charge in [-0.05, 0) is 17.7 Å². The fourth-order valence-electron chi connectivity index (χ4n) is 2.88. The Bertz CT molecular complexity index is 948. The lowest BCUT2D eigenvalue weighted by atomic mass is 10.1. The van der Waals surface area contributed by atoms with E-state index in [1.807, 2.05) is 42.5 Å².